The van der Waals surface area contributed by atoms with E-state index in [0.717, 1.165) is 33.0 Å². The molecule has 0 unspecified atom stereocenters. The van der Waals surface area contributed by atoms with E-state index in [0.29, 0.717) is 24.5 Å². The van der Waals surface area contributed by atoms with Crippen LogP contribution in [0.25, 0.3) is 10.8 Å². The molecule has 0 atom stereocenters. The number of rotatable bonds is 5. The molecule has 2 aromatic carbocycles. The van der Waals surface area contributed by atoms with Crippen molar-refractivity contribution in [3.05, 3.63) is 88.6 Å². The lowest BCUT2D eigenvalue weighted by molar-refractivity contribution is 0.0950. The number of nitrogens with one attached hydrogen (secondary N) is 1. The number of carbonyl (C=O) groups excluding carboxylic acids is 1. The first kappa shape index (κ1) is 19.6. The van der Waals surface area contributed by atoms with Gasteiger partial charge in [0.1, 0.15) is 11.6 Å². The third kappa shape index (κ3) is 3.87. The lowest BCUT2D eigenvalue weighted by Gasteiger charge is -2.14. The van der Waals surface area contributed by atoms with E-state index < -0.39 is 0 Å². The summed E-state index contributed by atoms with van der Waals surface area (Å²) in [4.78, 5) is 16.8. The standard InChI is InChI=1S/C23H22FN5O/c1-14-9-20-19(7-8-26-22(20)25)15(2)21(14)11-27-23(30)17-10-28-29(13-17)12-16-3-5-18(24)6-4-16/h3-10,13H,11-12H2,1-2H3,(H2,25,26)(H,27,30). The zero-order valence-electron chi connectivity index (χ0n) is 16.8. The molecule has 0 aliphatic rings. The fourth-order valence-corrected chi connectivity index (χ4v) is 3.62. The minimum Gasteiger partial charge on any atom is -0.383 e. The van der Waals surface area contributed by atoms with Gasteiger partial charge in [0.25, 0.3) is 5.91 Å². The van der Waals surface area contributed by atoms with Gasteiger partial charge in [-0.25, -0.2) is 9.37 Å². The number of pyridine rings is 1. The van der Waals surface area contributed by atoms with Gasteiger partial charge < -0.3 is 11.1 Å². The molecule has 0 aliphatic heterocycles. The fourth-order valence-electron chi connectivity index (χ4n) is 3.62. The second-order valence-electron chi connectivity index (χ2n) is 7.32. The number of nitrogen functional groups attached to an aromatic ring is 1. The molecule has 2 aromatic heterocycles. The van der Waals surface area contributed by atoms with E-state index >= 15 is 0 Å². The number of amides is 1. The van der Waals surface area contributed by atoms with Crippen molar-refractivity contribution in [2.24, 2.45) is 0 Å². The van der Waals surface area contributed by atoms with E-state index in [4.69, 9.17) is 5.73 Å². The Morgan fingerprint density at radius 3 is 2.70 bits per heavy atom. The first-order valence-corrected chi connectivity index (χ1v) is 9.60. The average molecular weight is 403 g/mol. The molecule has 0 bridgehead atoms. The second-order valence-corrected chi connectivity index (χ2v) is 7.32. The van der Waals surface area contributed by atoms with E-state index in [9.17, 15) is 9.18 Å². The Morgan fingerprint density at radius 1 is 1.17 bits per heavy atom. The Bertz CT molecular complexity index is 1230. The number of fused-ring (bicyclic) bond motifs is 1. The summed E-state index contributed by atoms with van der Waals surface area (Å²) < 4.78 is 14.7. The molecule has 7 heteroatoms. The molecular weight excluding hydrogens is 381 g/mol. The lowest BCUT2D eigenvalue weighted by atomic mass is 9.96. The molecule has 3 N–H and O–H groups in total. The van der Waals surface area contributed by atoms with Crippen molar-refractivity contribution in [1.29, 1.82) is 0 Å². The maximum atomic E-state index is 13.0. The Labute approximate surface area is 173 Å². The second kappa shape index (κ2) is 7.94. The summed E-state index contributed by atoms with van der Waals surface area (Å²) in [6.45, 7) is 4.89. The zero-order valence-corrected chi connectivity index (χ0v) is 16.8. The molecule has 1 amide bonds. The van der Waals surface area contributed by atoms with E-state index in [1.54, 1.807) is 29.2 Å². The number of hydrogen-bond donors (Lipinski definition) is 2. The smallest absolute Gasteiger partial charge is 0.254 e. The molecule has 4 rings (SSSR count). The van der Waals surface area contributed by atoms with Crippen LogP contribution in [0.15, 0.2) is 55.0 Å². The van der Waals surface area contributed by atoms with Gasteiger partial charge in [-0.2, -0.15) is 5.10 Å². The van der Waals surface area contributed by atoms with Gasteiger partial charge in [0, 0.05) is 24.3 Å². The highest BCUT2D eigenvalue weighted by atomic mass is 19.1. The van der Waals surface area contributed by atoms with Crippen LogP contribution < -0.4 is 11.1 Å². The van der Waals surface area contributed by atoms with Crippen LogP contribution in [-0.4, -0.2) is 20.7 Å². The van der Waals surface area contributed by atoms with Crippen LogP contribution >= 0.6 is 0 Å². The van der Waals surface area contributed by atoms with Crippen LogP contribution in [0.5, 0.6) is 0 Å². The van der Waals surface area contributed by atoms with Crippen molar-refractivity contribution >= 4 is 22.5 Å². The number of aromatic nitrogens is 3. The van der Waals surface area contributed by atoms with Gasteiger partial charge in [-0.15, -0.1) is 0 Å². The first-order valence-electron chi connectivity index (χ1n) is 9.60. The molecule has 0 radical (unpaired) electrons. The van der Waals surface area contributed by atoms with Crippen molar-refractivity contribution in [1.82, 2.24) is 20.1 Å². The van der Waals surface area contributed by atoms with Gasteiger partial charge in [-0.3, -0.25) is 9.48 Å². The summed E-state index contributed by atoms with van der Waals surface area (Å²) in [7, 11) is 0. The monoisotopic (exact) mass is 403 g/mol. The number of halogens is 1. The first-order chi connectivity index (χ1) is 14.4. The highest BCUT2D eigenvalue weighted by Crippen LogP contribution is 2.27. The summed E-state index contributed by atoms with van der Waals surface area (Å²) in [5.41, 5.74) is 10.6. The minimum atomic E-state index is -0.280. The van der Waals surface area contributed by atoms with Crippen LogP contribution in [0.3, 0.4) is 0 Å². The van der Waals surface area contributed by atoms with Gasteiger partial charge in [0.05, 0.1) is 18.3 Å². The summed E-state index contributed by atoms with van der Waals surface area (Å²) in [6, 6.07) is 10.2. The maximum absolute atomic E-state index is 13.0. The average Bonchev–Trinajstić information content (AvgIpc) is 3.19. The molecule has 6 nitrogen and oxygen atoms in total. The zero-order chi connectivity index (χ0) is 21.3. The third-order valence-electron chi connectivity index (χ3n) is 5.29. The Morgan fingerprint density at radius 2 is 1.93 bits per heavy atom. The third-order valence-corrected chi connectivity index (χ3v) is 5.29. The van der Waals surface area contributed by atoms with Gasteiger partial charge in [-0.1, -0.05) is 12.1 Å². The van der Waals surface area contributed by atoms with E-state index in [1.807, 2.05) is 26.0 Å². The van der Waals surface area contributed by atoms with Crippen LogP contribution in [0, 0.1) is 19.7 Å². The van der Waals surface area contributed by atoms with Gasteiger partial charge in [-0.05, 0) is 65.8 Å². The van der Waals surface area contributed by atoms with Crippen molar-refractivity contribution in [2.75, 3.05) is 5.73 Å². The van der Waals surface area contributed by atoms with Crippen molar-refractivity contribution in [3.63, 3.8) is 0 Å². The highest BCUT2D eigenvalue weighted by molar-refractivity contribution is 5.95. The molecule has 0 fully saturated rings. The molecule has 0 spiro atoms. The molecule has 2 heterocycles. The summed E-state index contributed by atoms with van der Waals surface area (Å²) >= 11 is 0. The van der Waals surface area contributed by atoms with E-state index in [-0.39, 0.29) is 11.7 Å². The lowest BCUT2D eigenvalue weighted by Crippen LogP contribution is -2.23. The number of nitrogens with two attached hydrogens (primary N) is 1. The minimum absolute atomic E-state index is 0.200. The van der Waals surface area contributed by atoms with Crippen molar-refractivity contribution < 1.29 is 9.18 Å². The van der Waals surface area contributed by atoms with Gasteiger partial charge >= 0.3 is 0 Å². The summed E-state index contributed by atoms with van der Waals surface area (Å²) in [5, 5.41) is 9.16. The predicted octanol–water partition coefficient (Wildman–Crippen LogP) is 3.75. The number of carbonyl (C=O) groups is 1. The number of aryl methyl sites for hydroxylation is 2. The number of anilines is 1. The normalized spacial score (nSPS) is 11.0. The van der Waals surface area contributed by atoms with Crippen molar-refractivity contribution in [2.45, 2.75) is 26.9 Å². The largest absolute Gasteiger partial charge is 0.383 e. The van der Waals surface area contributed by atoms with Crippen LogP contribution in [0.4, 0.5) is 10.2 Å². The Kier molecular flexibility index (Phi) is 5.18. The SMILES string of the molecule is Cc1cc2c(N)nccc2c(C)c1CNC(=O)c1cnn(Cc2ccc(F)cc2)c1. The van der Waals surface area contributed by atoms with Crippen molar-refractivity contribution in [3.8, 4) is 0 Å². The van der Waals surface area contributed by atoms with E-state index in [2.05, 4.69) is 15.4 Å². The molecular formula is C23H22FN5O. The van der Waals surface area contributed by atoms with Crippen LogP contribution in [0.1, 0.15) is 32.6 Å². The van der Waals surface area contributed by atoms with Gasteiger partial charge in [0.2, 0.25) is 0 Å². The van der Waals surface area contributed by atoms with Crippen LogP contribution in [-0.2, 0) is 13.1 Å². The maximum Gasteiger partial charge on any atom is 0.254 e. The molecule has 4 aromatic rings. The topological polar surface area (TPSA) is 85.8 Å². The summed E-state index contributed by atoms with van der Waals surface area (Å²) in [6.07, 6.45) is 4.91. The Hall–Kier alpha value is -3.74. The number of nitrogens with zero attached hydrogens (tertiary/aromatic N) is 3. The predicted molar refractivity (Wildman–Crippen MR) is 115 cm³/mol. The van der Waals surface area contributed by atoms with Gasteiger partial charge in [0.15, 0.2) is 0 Å². The number of benzene rings is 2. The van der Waals surface area contributed by atoms with Crippen LogP contribution in [0.2, 0.25) is 0 Å². The summed E-state index contributed by atoms with van der Waals surface area (Å²) in [5.74, 6) is 0.0221. The Balaban J connectivity index is 1.48. The molecule has 30 heavy (non-hydrogen) atoms. The number of hydrogen-bond acceptors (Lipinski definition) is 4. The molecule has 152 valence electrons. The van der Waals surface area contributed by atoms with E-state index in [1.165, 1.54) is 18.3 Å². The molecule has 0 saturated heterocycles. The fraction of sp³-hybridized carbons (Fsp3) is 0.174. The quantitative estimate of drug-likeness (QED) is 0.531. The molecule has 0 saturated carbocycles. The highest BCUT2D eigenvalue weighted by Gasteiger charge is 2.13. The molecule has 0 aliphatic carbocycles.